The Morgan fingerprint density at radius 2 is 1.59 bits per heavy atom. The molecule has 176 valence electrons. The summed E-state index contributed by atoms with van der Waals surface area (Å²) >= 11 is 3.34. The quantitative estimate of drug-likeness (QED) is 0.364. The Kier molecular flexibility index (Phi) is 9.04. The van der Waals surface area contributed by atoms with Crippen LogP contribution in [0.2, 0.25) is 0 Å². The van der Waals surface area contributed by atoms with Gasteiger partial charge in [-0.1, -0.05) is 70.5 Å². The number of alkyl carbamates (subject to hydrolysis) is 1. The van der Waals surface area contributed by atoms with Crippen molar-refractivity contribution in [3.05, 3.63) is 100 Å². The SMILES string of the molecule is O=C(CN(Cc1ccc(Br)cc1)C(=O)O)Nc1cccc(CNC(=O)OCc2ccccc2)c1. The predicted molar refractivity (Wildman–Crippen MR) is 131 cm³/mol. The fourth-order valence-corrected chi connectivity index (χ4v) is 3.35. The van der Waals surface area contributed by atoms with Crippen LogP contribution in [0.5, 0.6) is 0 Å². The van der Waals surface area contributed by atoms with Gasteiger partial charge in [-0.3, -0.25) is 9.69 Å². The minimum atomic E-state index is -1.19. The molecule has 9 heteroatoms. The summed E-state index contributed by atoms with van der Waals surface area (Å²) < 4.78 is 6.07. The Balaban J connectivity index is 1.49. The fourth-order valence-electron chi connectivity index (χ4n) is 3.08. The molecule has 0 heterocycles. The standard InChI is InChI=1S/C25H24BrN3O5/c26-21-11-9-18(10-12-21)15-29(25(32)33)16-23(30)28-22-8-4-7-20(13-22)14-27-24(31)34-17-19-5-2-1-3-6-19/h1-13H,14-17H2,(H,27,31)(H,28,30)(H,32,33). The molecule has 0 aliphatic carbocycles. The monoisotopic (exact) mass is 525 g/mol. The van der Waals surface area contributed by atoms with Crippen molar-refractivity contribution in [2.24, 2.45) is 0 Å². The van der Waals surface area contributed by atoms with Crippen molar-refractivity contribution in [1.82, 2.24) is 10.2 Å². The number of hydrogen-bond acceptors (Lipinski definition) is 4. The van der Waals surface area contributed by atoms with Crippen LogP contribution in [-0.2, 0) is 29.2 Å². The first-order valence-corrected chi connectivity index (χ1v) is 11.2. The Labute approximate surface area is 205 Å². The summed E-state index contributed by atoms with van der Waals surface area (Å²) in [6.07, 6.45) is -1.74. The highest BCUT2D eigenvalue weighted by Gasteiger charge is 2.17. The third-order valence-corrected chi connectivity index (χ3v) is 5.28. The lowest BCUT2D eigenvalue weighted by atomic mass is 10.2. The molecule has 3 amide bonds. The van der Waals surface area contributed by atoms with Gasteiger partial charge in [0, 0.05) is 23.2 Å². The van der Waals surface area contributed by atoms with E-state index in [9.17, 15) is 19.5 Å². The summed E-state index contributed by atoms with van der Waals surface area (Å²) in [5.41, 5.74) is 2.90. The fraction of sp³-hybridized carbons (Fsp3) is 0.160. The number of ether oxygens (including phenoxy) is 1. The number of anilines is 1. The Morgan fingerprint density at radius 3 is 2.29 bits per heavy atom. The minimum absolute atomic E-state index is 0.0884. The first kappa shape index (κ1) is 24.8. The van der Waals surface area contributed by atoms with Gasteiger partial charge in [-0.15, -0.1) is 0 Å². The molecule has 0 unspecified atom stereocenters. The number of carbonyl (C=O) groups is 3. The molecule has 0 aliphatic heterocycles. The molecule has 0 bridgehead atoms. The molecule has 34 heavy (non-hydrogen) atoms. The summed E-state index contributed by atoms with van der Waals surface area (Å²) in [6.45, 7) is 0.149. The number of carboxylic acid groups (broad SMARTS) is 1. The zero-order valence-electron chi connectivity index (χ0n) is 18.2. The number of carbonyl (C=O) groups excluding carboxylic acids is 2. The van der Waals surface area contributed by atoms with Gasteiger partial charge in [0.05, 0.1) is 0 Å². The average molecular weight is 526 g/mol. The van der Waals surface area contributed by atoms with E-state index in [0.717, 1.165) is 26.1 Å². The van der Waals surface area contributed by atoms with Crippen LogP contribution in [0.25, 0.3) is 0 Å². The van der Waals surface area contributed by atoms with Crippen LogP contribution >= 0.6 is 15.9 Å². The average Bonchev–Trinajstić information content (AvgIpc) is 2.83. The van der Waals surface area contributed by atoms with Crippen LogP contribution in [-0.4, -0.2) is 34.6 Å². The molecule has 3 aromatic rings. The lowest BCUT2D eigenvalue weighted by Crippen LogP contribution is -2.36. The summed E-state index contributed by atoms with van der Waals surface area (Å²) in [7, 11) is 0. The normalized spacial score (nSPS) is 10.3. The van der Waals surface area contributed by atoms with E-state index in [0.29, 0.717) is 5.69 Å². The highest BCUT2D eigenvalue weighted by atomic mass is 79.9. The first-order valence-electron chi connectivity index (χ1n) is 10.4. The Morgan fingerprint density at radius 1 is 0.882 bits per heavy atom. The Bertz CT molecular complexity index is 1120. The molecule has 0 fully saturated rings. The molecule has 0 aromatic heterocycles. The van der Waals surface area contributed by atoms with Crippen LogP contribution in [0.3, 0.4) is 0 Å². The number of hydrogen-bond donors (Lipinski definition) is 3. The van der Waals surface area contributed by atoms with Gasteiger partial charge in [0.25, 0.3) is 0 Å². The van der Waals surface area contributed by atoms with Gasteiger partial charge < -0.3 is 20.5 Å². The van der Waals surface area contributed by atoms with E-state index in [1.165, 1.54) is 0 Å². The van der Waals surface area contributed by atoms with Gasteiger partial charge in [0.2, 0.25) is 5.91 Å². The molecular formula is C25H24BrN3O5. The topological polar surface area (TPSA) is 108 Å². The molecular weight excluding hydrogens is 502 g/mol. The number of amides is 3. The van der Waals surface area contributed by atoms with E-state index >= 15 is 0 Å². The molecule has 3 N–H and O–H groups in total. The summed E-state index contributed by atoms with van der Waals surface area (Å²) in [4.78, 5) is 37.0. The van der Waals surface area contributed by atoms with Crippen LogP contribution in [0.1, 0.15) is 16.7 Å². The predicted octanol–water partition coefficient (Wildman–Crippen LogP) is 4.99. The third-order valence-electron chi connectivity index (χ3n) is 4.75. The number of benzene rings is 3. The molecule has 3 aromatic carbocycles. The van der Waals surface area contributed by atoms with E-state index < -0.39 is 18.1 Å². The van der Waals surface area contributed by atoms with Gasteiger partial charge in [-0.05, 0) is 41.0 Å². The maximum absolute atomic E-state index is 12.5. The van der Waals surface area contributed by atoms with Gasteiger partial charge in [0.1, 0.15) is 13.2 Å². The van der Waals surface area contributed by atoms with Crippen molar-refractivity contribution < 1.29 is 24.2 Å². The summed E-state index contributed by atoms with van der Waals surface area (Å²) in [6, 6.07) is 23.5. The lowest BCUT2D eigenvalue weighted by Gasteiger charge is -2.19. The molecule has 0 saturated heterocycles. The number of nitrogens with zero attached hydrogens (tertiary/aromatic N) is 1. The zero-order chi connectivity index (χ0) is 24.3. The van der Waals surface area contributed by atoms with Crippen molar-refractivity contribution in [2.75, 3.05) is 11.9 Å². The van der Waals surface area contributed by atoms with Crippen molar-refractivity contribution >= 4 is 39.7 Å². The lowest BCUT2D eigenvalue weighted by molar-refractivity contribution is -0.117. The minimum Gasteiger partial charge on any atom is -0.465 e. The maximum Gasteiger partial charge on any atom is 0.408 e. The highest BCUT2D eigenvalue weighted by Crippen LogP contribution is 2.14. The number of nitrogens with one attached hydrogen (secondary N) is 2. The molecule has 0 atom stereocenters. The smallest absolute Gasteiger partial charge is 0.408 e. The second-order valence-electron chi connectivity index (χ2n) is 7.43. The second kappa shape index (κ2) is 12.4. The number of rotatable bonds is 9. The van der Waals surface area contributed by atoms with Crippen molar-refractivity contribution in [3.63, 3.8) is 0 Å². The van der Waals surface area contributed by atoms with Crippen LogP contribution in [0.15, 0.2) is 83.3 Å². The van der Waals surface area contributed by atoms with E-state index in [4.69, 9.17) is 4.74 Å². The van der Waals surface area contributed by atoms with E-state index in [2.05, 4.69) is 26.6 Å². The third kappa shape index (κ3) is 8.25. The van der Waals surface area contributed by atoms with Crippen LogP contribution in [0.4, 0.5) is 15.3 Å². The largest absolute Gasteiger partial charge is 0.465 e. The van der Waals surface area contributed by atoms with Gasteiger partial charge in [0.15, 0.2) is 0 Å². The number of halogens is 1. The van der Waals surface area contributed by atoms with Gasteiger partial charge in [-0.2, -0.15) is 0 Å². The van der Waals surface area contributed by atoms with E-state index in [1.807, 2.05) is 42.5 Å². The summed E-state index contributed by atoms with van der Waals surface area (Å²) in [5, 5.41) is 14.8. The van der Waals surface area contributed by atoms with Gasteiger partial charge >= 0.3 is 12.2 Å². The second-order valence-corrected chi connectivity index (χ2v) is 8.34. The van der Waals surface area contributed by atoms with Crippen LogP contribution < -0.4 is 10.6 Å². The van der Waals surface area contributed by atoms with Crippen molar-refractivity contribution in [2.45, 2.75) is 19.7 Å². The van der Waals surface area contributed by atoms with Gasteiger partial charge in [-0.25, -0.2) is 9.59 Å². The molecule has 0 radical (unpaired) electrons. The van der Waals surface area contributed by atoms with E-state index in [-0.39, 0.29) is 26.2 Å². The molecule has 0 aliphatic rings. The highest BCUT2D eigenvalue weighted by molar-refractivity contribution is 9.10. The first-order chi connectivity index (χ1) is 16.4. The van der Waals surface area contributed by atoms with Crippen molar-refractivity contribution in [3.8, 4) is 0 Å². The van der Waals surface area contributed by atoms with Crippen LogP contribution in [0, 0.1) is 0 Å². The van der Waals surface area contributed by atoms with E-state index in [1.54, 1.807) is 36.4 Å². The molecule has 8 nitrogen and oxygen atoms in total. The zero-order valence-corrected chi connectivity index (χ0v) is 19.8. The maximum atomic E-state index is 12.5. The molecule has 0 spiro atoms. The molecule has 0 saturated carbocycles. The molecule has 3 rings (SSSR count). The summed E-state index contributed by atoms with van der Waals surface area (Å²) in [5.74, 6) is -0.466. The Hall–Kier alpha value is -3.85. The van der Waals surface area contributed by atoms with Crippen molar-refractivity contribution in [1.29, 1.82) is 0 Å².